The topological polar surface area (TPSA) is 31.2 Å². The van der Waals surface area contributed by atoms with Gasteiger partial charge in [0.05, 0.1) is 19.2 Å². The van der Waals surface area contributed by atoms with Crippen LogP contribution in [-0.2, 0) is 6.54 Å². The van der Waals surface area contributed by atoms with Gasteiger partial charge in [-0.05, 0) is 42.7 Å². The number of ether oxygens (including phenoxy) is 1. The molecule has 0 spiro atoms. The molecule has 1 heterocycles. The van der Waals surface area contributed by atoms with Crippen LogP contribution in [0.3, 0.4) is 0 Å². The third-order valence-corrected chi connectivity index (χ3v) is 4.08. The van der Waals surface area contributed by atoms with Gasteiger partial charge in [0.1, 0.15) is 0 Å². The minimum absolute atomic E-state index is 0.000684. The average molecular weight is 293 g/mol. The molecule has 0 N–H and O–H groups in total. The van der Waals surface area contributed by atoms with Crippen LogP contribution in [0.5, 0.6) is 5.88 Å². The van der Waals surface area contributed by atoms with Gasteiger partial charge >= 0.3 is 0 Å². The summed E-state index contributed by atoms with van der Waals surface area (Å²) >= 11 is 0. The van der Waals surface area contributed by atoms with Crippen LogP contribution in [0.15, 0.2) is 53.3 Å². The first-order valence-corrected chi connectivity index (χ1v) is 7.33. The van der Waals surface area contributed by atoms with Crippen molar-refractivity contribution < 1.29 is 4.74 Å². The lowest BCUT2D eigenvalue weighted by atomic mass is 10.1. The van der Waals surface area contributed by atoms with Crippen molar-refractivity contribution in [1.29, 1.82) is 0 Å². The summed E-state index contributed by atoms with van der Waals surface area (Å²) in [5, 5.41) is 0.736. The van der Waals surface area contributed by atoms with Gasteiger partial charge in [0.25, 0.3) is 0 Å². The molecule has 0 aliphatic carbocycles. The zero-order valence-electron chi connectivity index (χ0n) is 13.1. The molecule has 0 aliphatic rings. The van der Waals surface area contributed by atoms with E-state index in [0.29, 0.717) is 12.4 Å². The number of hydrogen-bond donors (Lipinski definition) is 0. The molecule has 0 unspecified atom stereocenters. The zero-order chi connectivity index (χ0) is 15.7. The third kappa shape index (κ3) is 2.50. The maximum absolute atomic E-state index is 12.3. The van der Waals surface area contributed by atoms with Gasteiger partial charge in [-0.25, -0.2) is 0 Å². The molecule has 0 atom stereocenters. The van der Waals surface area contributed by atoms with E-state index < -0.39 is 0 Å². The molecule has 2 aromatic carbocycles. The predicted molar refractivity (Wildman–Crippen MR) is 89.8 cm³/mol. The monoisotopic (exact) mass is 293 g/mol. The molecule has 3 rings (SSSR count). The molecular weight excluding hydrogens is 274 g/mol. The minimum Gasteiger partial charge on any atom is -0.482 e. The Bertz CT molecular complexity index is 879. The van der Waals surface area contributed by atoms with Crippen LogP contribution in [0.2, 0.25) is 0 Å². The number of benzene rings is 2. The number of fused-ring (bicyclic) bond motifs is 1. The lowest BCUT2D eigenvalue weighted by Gasteiger charge is -2.17. The van der Waals surface area contributed by atoms with Crippen molar-refractivity contribution in [2.24, 2.45) is 0 Å². The predicted octanol–water partition coefficient (Wildman–Crippen LogP) is 3.68. The summed E-state index contributed by atoms with van der Waals surface area (Å²) in [5.74, 6) is 0.588. The maximum Gasteiger partial charge on any atom is 0.197 e. The molecule has 3 nitrogen and oxygen atoms in total. The Morgan fingerprint density at radius 1 is 1.00 bits per heavy atom. The SMILES string of the molecule is COc1cc(=O)c2cc(C)c(C)cc2n1Cc1ccccc1. The quantitative estimate of drug-likeness (QED) is 0.737. The Kier molecular flexibility index (Phi) is 3.72. The average Bonchev–Trinajstić information content (AvgIpc) is 2.53. The first kappa shape index (κ1) is 14.4. The highest BCUT2D eigenvalue weighted by molar-refractivity contribution is 5.81. The van der Waals surface area contributed by atoms with Crippen molar-refractivity contribution >= 4 is 10.9 Å². The Balaban J connectivity index is 2.28. The molecule has 0 radical (unpaired) electrons. The van der Waals surface area contributed by atoms with Crippen LogP contribution in [0, 0.1) is 13.8 Å². The number of hydrogen-bond acceptors (Lipinski definition) is 2. The summed E-state index contributed by atoms with van der Waals surface area (Å²) in [6.45, 7) is 4.76. The Morgan fingerprint density at radius 3 is 2.36 bits per heavy atom. The summed E-state index contributed by atoms with van der Waals surface area (Å²) in [6, 6.07) is 15.8. The van der Waals surface area contributed by atoms with Crippen LogP contribution < -0.4 is 10.2 Å². The largest absolute Gasteiger partial charge is 0.482 e. The van der Waals surface area contributed by atoms with Gasteiger partial charge in [0, 0.05) is 11.5 Å². The molecule has 3 heteroatoms. The van der Waals surface area contributed by atoms with E-state index in [1.165, 1.54) is 11.1 Å². The van der Waals surface area contributed by atoms with Crippen LogP contribution >= 0.6 is 0 Å². The maximum atomic E-state index is 12.3. The van der Waals surface area contributed by atoms with Crippen LogP contribution in [0.1, 0.15) is 16.7 Å². The van der Waals surface area contributed by atoms with Crippen LogP contribution in [-0.4, -0.2) is 11.7 Å². The molecule has 0 saturated heterocycles. The van der Waals surface area contributed by atoms with Crippen molar-refractivity contribution in [2.45, 2.75) is 20.4 Å². The van der Waals surface area contributed by atoms with Gasteiger partial charge in [-0.3, -0.25) is 4.79 Å². The molecular formula is C19H19NO2. The number of aryl methyl sites for hydroxylation is 2. The number of aromatic nitrogens is 1. The van der Waals surface area contributed by atoms with Gasteiger partial charge in [-0.15, -0.1) is 0 Å². The van der Waals surface area contributed by atoms with Crippen molar-refractivity contribution in [3.63, 3.8) is 0 Å². The first-order chi connectivity index (χ1) is 10.6. The van der Waals surface area contributed by atoms with E-state index >= 15 is 0 Å². The van der Waals surface area contributed by atoms with Gasteiger partial charge in [0.15, 0.2) is 11.3 Å². The molecule has 3 aromatic rings. The van der Waals surface area contributed by atoms with Crippen molar-refractivity contribution in [1.82, 2.24) is 4.57 Å². The molecule has 0 fully saturated rings. The molecule has 0 saturated carbocycles. The Morgan fingerprint density at radius 2 is 1.68 bits per heavy atom. The van der Waals surface area contributed by atoms with E-state index in [1.54, 1.807) is 13.2 Å². The Labute approximate surface area is 129 Å². The van der Waals surface area contributed by atoms with Gasteiger partial charge in [-0.1, -0.05) is 30.3 Å². The molecule has 22 heavy (non-hydrogen) atoms. The Hall–Kier alpha value is -2.55. The second-order valence-electron chi connectivity index (χ2n) is 5.58. The highest BCUT2D eigenvalue weighted by Crippen LogP contribution is 2.23. The first-order valence-electron chi connectivity index (χ1n) is 7.33. The third-order valence-electron chi connectivity index (χ3n) is 4.08. The summed E-state index contributed by atoms with van der Waals surface area (Å²) in [7, 11) is 1.60. The van der Waals surface area contributed by atoms with Crippen LogP contribution in [0.25, 0.3) is 10.9 Å². The summed E-state index contributed by atoms with van der Waals surface area (Å²) in [4.78, 5) is 12.3. The lowest BCUT2D eigenvalue weighted by Crippen LogP contribution is -2.13. The number of pyridine rings is 1. The fourth-order valence-corrected chi connectivity index (χ4v) is 2.71. The van der Waals surface area contributed by atoms with Gasteiger partial charge in [0.2, 0.25) is 0 Å². The van der Waals surface area contributed by atoms with E-state index in [9.17, 15) is 4.79 Å². The van der Waals surface area contributed by atoms with E-state index in [4.69, 9.17) is 4.74 Å². The van der Waals surface area contributed by atoms with Crippen molar-refractivity contribution in [3.05, 3.63) is 75.4 Å². The molecule has 0 aliphatic heterocycles. The van der Waals surface area contributed by atoms with E-state index in [1.807, 2.05) is 31.2 Å². The lowest BCUT2D eigenvalue weighted by molar-refractivity contribution is 0.376. The zero-order valence-corrected chi connectivity index (χ0v) is 13.1. The highest BCUT2D eigenvalue weighted by Gasteiger charge is 2.11. The van der Waals surface area contributed by atoms with E-state index in [-0.39, 0.29) is 5.43 Å². The van der Waals surface area contributed by atoms with Crippen LogP contribution in [0.4, 0.5) is 0 Å². The van der Waals surface area contributed by atoms with Gasteiger partial charge in [-0.2, -0.15) is 0 Å². The second kappa shape index (κ2) is 5.68. The summed E-state index contributed by atoms with van der Waals surface area (Å²) in [5.41, 5.74) is 4.38. The number of nitrogens with zero attached hydrogens (tertiary/aromatic N) is 1. The normalized spacial score (nSPS) is 10.9. The summed E-state index contributed by atoms with van der Waals surface area (Å²) in [6.07, 6.45) is 0. The summed E-state index contributed by atoms with van der Waals surface area (Å²) < 4.78 is 7.49. The molecule has 0 bridgehead atoms. The van der Waals surface area contributed by atoms with Crippen molar-refractivity contribution in [2.75, 3.05) is 7.11 Å². The molecule has 112 valence electrons. The second-order valence-corrected chi connectivity index (χ2v) is 5.58. The molecule has 0 amide bonds. The fraction of sp³-hybridized carbons (Fsp3) is 0.211. The fourth-order valence-electron chi connectivity index (χ4n) is 2.71. The van der Waals surface area contributed by atoms with E-state index in [2.05, 4.69) is 29.7 Å². The highest BCUT2D eigenvalue weighted by atomic mass is 16.5. The standard InChI is InChI=1S/C19H19NO2/c1-13-9-16-17(10-14(13)2)20(19(22-3)11-18(16)21)12-15-7-5-4-6-8-15/h4-11H,12H2,1-3H3. The number of methoxy groups -OCH3 is 1. The van der Waals surface area contributed by atoms with Gasteiger partial charge < -0.3 is 9.30 Å². The minimum atomic E-state index is -0.000684. The number of rotatable bonds is 3. The smallest absolute Gasteiger partial charge is 0.197 e. The van der Waals surface area contributed by atoms with Crippen molar-refractivity contribution in [3.8, 4) is 5.88 Å². The van der Waals surface area contributed by atoms with E-state index in [0.717, 1.165) is 16.5 Å². The molecule has 1 aromatic heterocycles.